The van der Waals surface area contributed by atoms with Crippen molar-refractivity contribution in [3.05, 3.63) is 0 Å². The van der Waals surface area contributed by atoms with Crippen LogP contribution in [-0.4, -0.2) is 39.2 Å². The van der Waals surface area contributed by atoms with Gasteiger partial charge in [0.2, 0.25) is 0 Å². The lowest BCUT2D eigenvalue weighted by Gasteiger charge is -2.34. The molecule has 1 saturated heterocycles. The number of hydrogen-bond acceptors (Lipinski definition) is 4. The number of carboxylic acid groups (broad SMARTS) is 1. The highest BCUT2D eigenvalue weighted by atomic mass is 16.6. The molecule has 0 aromatic carbocycles. The molecule has 0 bridgehead atoms. The monoisotopic (exact) mass is 217 g/mol. The number of hydroxylamine groups is 2. The number of nitrogens with zero attached hydrogens (tertiary/aromatic N) is 1. The molecule has 5 heteroatoms. The smallest absolute Gasteiger partial charge is 0.303 e. The van der Waals surface area contributed by atoms with E-state index >= 15 is 0 Å². The third kappa shape index (κ3) is 2.68. The minimum Gasteiger partial charge on any atom is -0.481 e. The van der Waals surface area contributed by atoms with Gasteiger partial charge in [-0.1, -0.05) is 0 Å². The van der Waals surface area contributed by atoms with E-state index in [0.717, 1.165) is 0 Å². The maximum Gasteiger partial charge on any atom is 0.303 e. The number of carbonyl (C=O) groups is 1. The molecule has 0 radical (unpaired) electrons. The fraction of sp³-hybridized carbons (Fsp3) is 0.900. The van der Waals surface area contributed by atoms with Gasteiger partial charge in [-0.15, -0.1) is 0 Å². The molecule has 1 fully saturated rings. The fourth-order valence-electron chi connectivity index (χ4n) is 1.84. The first-order chi connectivity index (χ1) is 6.78. The van der Waals surface area contributed by atoms with Gasteiger partial charge in [-0.3, -0.25) is 4.79 Å². The summed E-state index contributed by atoms with van der Waals surface area (Å²) in [5, 5.41) is 19.6. The lowest BCUT2D eigenvalue weighted by atomic mass is 10.0. The molecule has 15 heavy (non-hydrogen) atoms. The third-order valence-electron chi connectivity index (χ3n) is 2.79. The second kappa shape index (κ2) is 4.08. The average Bonchev–Trinajstić information content (AvgIpc) is 2.30. The van der Waals surface area contributed by atoms with E-state index in [1.165, 1.54) is 5.06 Å². The van der Waals surface area contributed by atoms with Crippen LogP contribution in [0.3, 0.4) is 0 Å². The largest absolute Gasteiger partial charge is 0.481 e. The zero-order valence-electron chi connectivity index (χ0n) is 9.49. The maximum atomic E-state index is 10.4. The highest BCUT2D eigenvalue weighted by Crippen LogP contribution is 2.36. The molecule has 5 nitrogen and oxygen atoms in total. The Morgan fingerprint density at radius 2 is 2.07 bits per heavy atom. The van der Waals surface area contributed by atoms with Crippen LogP contribution in [0.2, 0.25) is 0 Å². The Hall–Kier alpha value is -0.650. The van der Waals surface area contributed by atoms with Crippen LogP contribution >= 0.6 is 0 Å². The van der Waals surface area contributed by atoms with Gasteiger partial charge >= 0.3 is 5.97 Å². The molecule has 1 heterocycles. The summed E-state index contributed by atoms with van der Waals surface area (Å²) in [7, 11) is 0. The summed E-state index contributed by atoms with van der Waals surface area (Å²) in [6.45, 7) is 6.00. The van der Waals surface area contributed by atoms with E-state index in [4.69, 9.17) is 9.84 Å². The van der Waals surface area contributed by atoms with E-state index in [0.29, 0.717) is 19.4 Å². The number of aliphatic carboxylic acids is 1. The summed E-state index contributed by atoms with van der Waals surface area (Å²) in [4.78, 5) is 10.4. The predicted molar refractivity (Wildman–Crippen MR) is 53.5 cm³/mol. The van der Waals surface area contributed by atoms with Gasteiger partial charge in [-0.05, 0) is 33.6 Å². The molecule has 1 aliphatic rings. The Labute approximate surface area is 89.6 Å². The minimum absolute atomic E-state index is 0.104. The van der Waals surface area contributed by atoms with Crippen LogP contribution < -0.4 is 0 Å². The molecule has 1 aliphatic heterocycles. The van der Waals surface area contributed by atoms with Crippen molar-refractivity contribution >= 4 is 5.97 Å². The Kier molecular flexibility index (Phi) is 3.38. The fourth-order valence-corrected chi connectivity index (χ4v) is 1.84. The second-order valence-corrected chi connectivity index (χ2v) is 4.84. The van der Waals surface area contributed by atoms with Crippen molar-refractivity contribution in [1.29, 1.82) is 0 Å². The lowest BCUT2D eigenvalue weighted by Crippen LogP contribution is -2.48. The summed E-state index contributed by atoms with van der Waals surface area (Å²) in [5.74, 6) is -0.819. The maximum absolute atomic E-state index is 10.4. The first-order valence-corrected chi connectivity index (χ1v) is 5.13. The summed E-state index contributed by atoms with van der Waals surface area (Å²) < 4.78 is 5.53. The van der Waals surface area contributed by atoms with Gasteiger partial charge in [0, 0.05) is 6.42 Å². The Balaban J connectivity index is 2.50. The van der Waals surface area contributed by atoms with Gasteiger partial charge < -0.3 is 15.1 Å². The van der Waals surface area contributed by atoms with Gasteiger partial charge in [-0.2, -0.15) is 5.06 Å². The van der Waals surface area contributed by atoms with Crippen molar-refractivity contribution in [2.75, 3.05) is 6.61 Å². The third-order valence-corrected chi connectivity index (χ3v) is 2.79. The standard InChI is InChI=1S/C10H19NO4/c1-9(2)7-15-10(3,11(9)14)6-4-5-8(12)13/h14H,4-7H2,1-3H3,(H,12,13). The molecule has 1 atom stereocenters. The van der Waals surface area contributed by atoms with Crippen LogP contribution in [0, 0.1) is 0 Å². The first-order valence-electron chi connectivity index (χ1n) is 5.13. The van der Waals surface area contributed by atoms with Gasteiger partial charge in [0.05, 0.1) is 12.1 Å². The zero-order chi connectivity index (χ0) is 11.7. The van der Waals surface area contributed by atoms with Crippen molar-refractivity contribution in [2.45, 2.75) is 51.3 Å². The summed E-state index contributed by atoms with van der Waals surface area (Å²) in [6, 6.07) is 0. The van der Waals surface area contributed by atoms with Gasteiger partial charge in [0.1, 0.15) is 5.72 Å². The van der Waals surface area contributed by atoms with E-state index < -0.39 is 17.2 Å². The molecule has 0 aromatic heterocycles. The molecular formula is C10H19NO4. The van der Waals surface area contributed by atoms with Crippen molar-refractivity contribution in [2.24, 2.45) is 0 Å². The van der Waals surface area contributed by atoms with E-state index in [9.17, 15) is 10.0 Å². The molecule has 88 valence electrons. The van der Waals surface area contributed by atoms with Gasteiger partial charge in [-0.25, -0.2) is 0 Å². The molecule has 0 amide bonds. The Bertz CT molecular complexity index is 254. The molecule has 0 saturated carbocycles. The highest BCUT2D eigenvalue weighted by Gasteiger charge is 2.48. The lowest BCUT2D eigenvalue weighted by molar-refractivity contribution is -0.244. The molecule has 2 N–H and O–H groups in total. The van der Waals surface area contributed by atoms with Crippen molar-refractivity contribution in [3.8, 4) is 0 Å². The minimum atomic E-state index is -0.819. The quantitative estimate of drug-likeness (QED) is 0.746. The summed E-state index contributed by atoms with van der Waals surface area (Å²) in [6.07, 6.45) is 1.12. The zero-order valence-corrected chi connectivity index (χ0v) is 9.49. The van der Waals surface area contributed by atoms with E-state index in [-0.39, 0.29) is 6.42 Å². The molecule has 0 spiro atoms. The average molecular weight is 217 g/mol. The number of ether oxygens (including phenoxy) is 1. The van der Waals surface area contributed by atoms with Crippen LogP contribution in [0.15, 0.2) is 0 Å². The SMILES string of the molecule is CC1(C)COC(C)(CCCC(=O)O)N1O. The van der Waals surface area contributed by atoms with E-state index in [1.807, 2.05) is 13.8 Å². The molecular weight excluding hydrogens is 198 g/mol. The van der Waals surface area contributed by atoms with Gasteiger partial charge in [0.15, 0.2) is 0 Å². The molecule has 0 aromatic rings. The molecule has 1 unspecified atom stereocenters. The number of rotatable bonds is 4. The van der Waals surface area contributed by atoms with E-state index in [1.54, 1.807) is 6.92 Å². The second-order valence-electron chi connectivity index (χ2n) is 4.84. The number of carboxylic acids is 1. The first kappa shape index (κ1) is 12.4. The Morgan fingerprint density at radius 1 is 1.47 bits per heavy atom. The van der Waals surface area contributed by atoms with Crippen molar-refractivity contribution in [1.82, 2.24) is 5.06 Å². The molecule has 0 aliphatic carbocycles. The summed E-state index contributed by atoms with van der Waals surface area (Å²) >= 11 is 0. The van der Waals surface area contributed by atoms with Crippen LogP contribution in [0.4, 0.5) is 0 Å². The number of hydrogen-bond donors (Lipinski definition) is 2. The Morgan fingerprint density at radius 3 is 2.47 bits per heavy atom. The predicted octanol–water partition coefficient (Wildman–Crippen LogP) is 1.46. The van der Waals surface area contributed by atoms with Crippen LogP contribution in [0.25, 0.3) is 0 Å². The highest BCUT2D eigenvalue weighted by molar-refractivity contribution is 5.66. The van der Waals surface area contributed by atoms with Crippen LogP contribution in [0.1, 0.15) is 40.0 Å². The van der Waals surface area contributed by atoms with Crippen molar-refractivity contribution in [3.63, 3.8) is 0 Å². The van der Waals surface area contributed by atoms with Crippen LogP contribution in [0.5, 0.6) is 0 Å². The van der Waals surface area contributed by atoms with Crippen LogP contribution in [-0.2, 0) is 9.53 Å². The topological polar surface area (TPSA) is 70.0 Å². The normalized spacial score (nSPS) is 30.7. The van der Waals surface area contributed by atoms with Gasteiger partial charge in [0.25, 0.3) is 0 Å². The van der Waals surface area contributed by atoms with E-state index in [2.05, 4.69) is 0 Å². The summed E-state index contributed by atoms with van der Waals surface area (Å²) in [5.41, 5.74) is -1.16. The molecule has 1 rings (SSSR count). The van der Waals surface area contributed by atoms with Crippen molar-refractivity contribution < 1.29 is 19.8 Å².